The lowest BCUT2D eigenvalue weighted by Gasteiger charge is -2.20. The summed E-state index contributed by atoms with van der Waals surface area (Å²) >= 11 is 0. The van der Waals surface area contributed by atoms with Crippen LogP contribution >= 0.6 is 0 Å². The average Bonchev–Trinajstić information content (AvgIpc) is 2.90. The highest BCUT2D eigenvalue weighted by molar-refractivity contribution is 7.90. The van der Waals surface area contributed by atoms with Crippen molar-refractivity contribution in [3.8, 4) is 0 Å². The summed E-state index contributed by atoms with van der Waals surface area (Å²) in [5, 5.41) is 0. The molecule has 0 aliphatic carbocycles. The molecule has 0 unspecified atom stereocenters. The van der Waals surface area contributed by atoms with Gasteiger partial charge in [0.1, 0.15) is 6.26 Å². The summed E-state index contributed by atoms with van der Waals surface area (Å²) in [6, 6.07) is 6.66. The van der Waals surface area contributed by atoms with Crippen LogP contribution in [0.1, 0.15) is 42.3 Å². The number of carbonyl (C=O) groups excluding carboxylic acids is 1. The lowest BCUT2D eigenvalue weighted by Crippen LogP contribution is -2.31. The number of aryl methyl sites for hydroxylation is 1. The number of amides is 1. The zero-order chi connectivity index (χ0) is 16.5. The van der Waals surface area contributed by atoms with E-state index >= 15 is 0 Å². The molecule has 2 rings (SSSR count). The van der Waals surface area contributed by atoms with Gasteiger partial charge in [0.15, 0.2) is 0 Å². The lowest BCUT2D eigenvalue weighted by atomic mass is 9.87. The fraction of sp³-hybridized carbons (Fsp3) is 0.312. The molecule has 2 aromatic rings. The normalized spacial score (nSPS) is 12.2. The summed E-state index contributed by atoms with van der Waals surface area (Å²) in [6.07, 6.45) is 2.51. The minimum atomic E-state index is -3.94. The molecule has 0 radical (unpaired) electrons. The van der Waals surface area contributed by atoms with Crippen LogP contribution in [0.2, 0.25) is 0 Å². The molecule has 1 amide bonds. The summed E-state index contributed by atoms with van der Waals surface area (Å²) in [7, 11) is -3.94. The maximum absolute atomic E-state index is 12.5. The summed E-state index contributed by atoms with van der Waals surface area (Å²) in [4.78, 5) is 12.0. The molecule has 118 valence electrons. The minimum Gasteiger partial charge on any atom is -0.472 e. The van der Waals surface area contributed by atoms with Gasteiger partial charge in [-0.3, -0.25) is 4.79 Å². The number of benzene rings is 1. The van der Waals surface area contributed by atoms with Crippen molar-refractivity contribution in [1.82, 2.24) is 4.72 Å². The van der Waals surface area contributed by atoms with E-state index in [0.29, 0.717) is 5.56 Å². The highest BCUT2D eigenvalue weighted by Crippen LogP contribution is 2.26. The molecule has 0 aliphatic heterocycles. The van der Waals surface area contributed by atoms with E-state index in [4.69, 9.17) is 4.42 Å². The van der Waals surface area contributed by atoms with Crippen molar-refractivity contribution in [3.63, 3.8) is 0 Å². The van der Waals surface area contributed by atoms with Gasteiger partial charge >= 0.3 is 0 Å². The van der Waals surface area contributed by atoms with Crippen LogP contribution in [0.25, 0.3) is 0 Å². The van der Waals surface area contributed by atoms with Crippen molar-refractivity contribution in [3.05, 3.63) is 53.5 Å². The largest absolute Gasteiger partial charge is 0.472 e. The van der Waals surface area contributed by atoms with E-state index < -0.39 is 15.9 Å². The van der Waals surface area contributed by atoms with Gasteiger partial charge in [-0.05, 0) is 35.6 Å². The predicted octanol–water partition coefficient (Wildman–Crippen LogP) is 3.00. The maximum atomic E-state index is 12.5. The topological polar surface area (TPSA) is 76.4 Å². The predicted molar refractivity (Wildman–Crippen MR) is 83.2 cm³/mol. The number of hydrogen-bond donors (Lipinski definition) is 1. The first-order valence-corrected chi connectivity index (χ1v) is 8.30. The Bertz CT molecular complexity index is 784. The van der Waals surface area contributed by atoms with Crippen LogP contribution in [0, 0.1) is 6.92 Å². The molecule has 5 nitrogen and oxygen atoms in total. The van der Waals surface area contributed by atoms with Gasteiger partial charge in [-0.1, -0.05) is 32.9 Å². The highest BCUT2D eigenvalue weighted by atomic mass is 32.2. The van der Waals surface area contributed by atoms with Crippen molar-refractivity contribution < 1.29 is 17.6 Å². The van der Waals surface area contributed by atoms with Crippen molar-refractivity contribution >= 4 is 15.9 Å². The van der Waals surface area contributed by atoms with Crippen LogP contribution in [0.4, 0.5) is 0 Å². The van der Waals surface area contributed by atoms with Gasteiger partial charge < -0.3 is 4.42 Å². The molecule has 22 heavy (non-hydrogen) atoms. The third-order valence-corrected chi connectivity index (χ3v) is 4.83. The number of furan rings is 1. The zero-order valence-corrected chi connectivity index (χ0v) is 13.8. The Labute approximate surface area is 130 Å². The van der Waals surface area contributed by atoms with Gasteiger partial charge in [-0.2, -0.15) is 0 Å². The third kappa shape index (κ3) is 3.39. The molecule has 1 aromatic carbocycles. The molecule has 1 aromatic heterocycles. The van der Waals surface area contributed by atoms with Crippen molar-refractivity contribution in [1.29, 1.82) is 0 Å². The first kappa shape index (κ1) is 16.3. The Morgan fingerprint density at radius 3 is 2.41 bits per heavy atom. The number of nitrogens with one attached hydrogen (secondary N) is 1. The molecule has 0 saturated carbocycles. The van der Waals surface area contributed by atoms with Crippen LogP contribution in [0.3, 0.4) is 0 Å². The van der Waals surface area contributed by atoms with Crippen LogP contribution < -0.4 is 4.72 Å². The van der Waals surface area contributed by atoms with Crippen LogP contribution in [0.5, 0.6) is 0 Å². The first-order valence-electron chi connectivity index (χ1n) is 6.82. The van der Waals surface area contributed by atoms with E-state index in [-0.39, 0.29) is 15.9 Å². The summed E-state index contributed by atoms with van der Waals surface area (Å²) in [5.74, 6) is -0.714. The Morgan fingerprint density at radius 1 is 1.18 bits per heavy atom. The Morgan fingerprint density at radius 2 is 1.86 bits per heavy atom. The molecule has 1 N–H and O–H groups in total. The lowest BCUT2D eigenvalue weighted by molar-refractivity contribution is 0.0981. The maximum Gasteiger partial charge on any atom is 0.268 e. The molecule has 0 spiro atoms. The number of carbonyl (C=O) groups is 1. The molecule has 0 saturated heterocycles. The second-order valence-electron chi connectivity index (χ2n) is 6.18. The summed E-state index contributed by atoms with van der Waals surface area (Å²) in [6.45, 7) is 7.69. The number of hydrogen-bond acceptors (Lipinski definition) is 4. The number of sulfonamides is 1. The average molecular weight is 321 g/mol. The Balaban J connectivity index is 2.39. The minimum absolute atomic E-state index is 0.108. The quantitative estimate of drug-likeness (QED) is 0.943. The van der Waals surface area contributed by atoms with Gasteiger partial charge in [0, 0.05) is 0 Å². The first-order chi connectivity index (χ1) is 10.1. The summed E-state index contributed by atoms with van der Waals surface area (Å²) < 4.78 is 31.8. The van der Waals surface area contributed by atoms with Crippen LogP contribution in [-0.2, 0) is 15.4 Å². The van der Waals surface area contributed by atoms with Crippen molar-refractivity contribution in [2.24, 2.45) is 0 Å². The second kappa shape index (κ2) is 5.61. The van der Waals surface area contributed by atoms with Crippen molar-refractivity contribution in [2.45, 2.75) is 38.0 Å². The molecule has 0 fully saturated rings. The van der Waals surface area contributed by atoms with E-state index in [1.54, 1.807) is 19.1 Å². The monoisotopic (exact) mass is 321 g/mol. The van der Waals surface area contributed by atoms with Crippen molar-refractivity contribution in [2.75, 3.05) is 0 Å². The standard InChI is InChI=1S/C16H19NO4S/c1-11-5-6-13(16(2,3)4)9-14(11)22(19,20)17-15(18)12-7-8-21-10-12/h5-10H,1-4H3,(H,17,18). The van der Waals surface area contributed by atoms with Gasteiger partial charge in [0.05, 0.1) is 16.7 Å². The van der Waals surface area contributed by atoms with Gasteiger partial charge in [-0.25, -0.2) is 13.1 Å². The van der Waals surface area contributed by atoms with E-state index in [1.165, 1.54) is 18.6 Å². The van der Waals surface area contributed by atoms with E-state index in [1.807, 2.05) is 26.8 Å². The molecule has 6 heteroatoms. The highest BCUT2D eigenvalue weighted by Gasteiger charge is 2.24. The zero-order valence-electron chi connectivity index (χ0n) is 13.0. The number of rotatable bonds is 3. The van der Waals surface area contributed by atoms with Crippen LogP contribution in [-0.4, -0.2) is 14.3 Å². The second-order valence-corrected chi connectivity index (χ2v) is 7.83. The third-order valence-electron chi connectivity index (χ3n) is 3.35. The van der Waals surface area contributed by atoms with Crippen LogP contribution in [0.15, 0.2) is 46.1 Å². The van der Waals surface area contributed by atoms with E-state index in [0.717, 1.165) is 5.56 Å². The molecule has 0 bridgehead atoms. The van der Waals surface area contributed by atoms with Gasteiger partial charge in [0.2, 0.25) is 0 Å². The fourth-order valence-corrected chi connectivity index (χ4v) is 3.23. The molecular formula is C16H19NO4S. The Hall–Kier alpha value is -2.08. The molecular weight excluding hydrogens is 302 g/mol. The van der Waals surface area contributed by atoms with Gasteiger partial charge in [-0.15, -0.1) is 0 Å². The van der Waals surface area contributed by atoms with E-state index in [2.05, 4.69) is 4.72 Å². The molecule has 0 atom stereocenters. The van der Waals surface area contributed by atoms with Gasteiger partial charge in [0.25, 0.3) is 15.9 Å². The molecule has 0 aliphatic rings. The smallest absolute Gasteiger partial charge is 0.268 e. The summed E-state index contributed by atoms with van der Waals surface area (Å²) in [5.41, 5.74) is 1.44. The fourth-order valence-electron chi connectivity index (χ4n) is 1.99. The SMILES string of the molecule is Cc1ccc(C(C)(C)C)cc1S(=O)(=O)NC(=O)c1ccoc1. The molecule has 1 heterocycles. The van der Waals surface area contributed by atoms with E-state index in [9.17, 15) is 13.2 Å². The Kier molecular flexibility index (Phi) is 4.15.